The molecule has 0 bridgehead atoms. The van der Waals surface area contributed by atoms with Crippen molar-refractivity contribution in [2.45, 2.75) is 34.1 Å². The lowest BCUT2D eigenvalue weighted by Gasteiger charge is -2.63. The molecule has 0 amide bonds. The topological polar surface area (TPSA) is 0 Å². The lowest BCUT2D eigenvalue weighted by Crippen LogP contribution is -2.57. The molecule has 0 aromatic rings. The van der Waals surface area contributed by atoms with Crippen LogP contribution in [0.1, 0.15) is 34.1 Å². The number of hydrogen-bond acceptors (Lipinski definition) is 0. The summed E-state index contributed by atoms with van der Waals surface area (Å²) in [6.07, 6.45) is 1.54. The van der Waals surface area contributed by atoms with Gasteiger partial charge in [0.1, 0.15) is 0 Å². The lowest BCUT2D eigenvalue weighted by molar-refractivity contribution is -0.151. The summed E-state index contributed by atoms with van der Waals surface area (Å²) in [5.41, 5.74) is 0. The third-order valence-electron chi connectivity index (χ3n) is 4.50. The van der Waals surface area contributed by atoms with Crippen molar-refractivity contribution in [3.63, 3.8) is 0 Å². The van der Waals surface area contributed by atoms with E-state index in [4.69, 9.17) is 0 Å². The van der Waals surface area contributed by atoms with E-state index in [1.165, 1.54) is 6.42 Å². The van der Waals surface area contributed by atoms with Crippen molar-refractivity contribution in [3.05, 3.63) is 0 Å². The van der Waals surface area contributed by atoms with Gasteiger partial charge in [-0.2, -0.15) is 0 Å². The van der Waals surface area contributed by atoms with Crippen LogP contribution in [0.25, 0.3) is 0 Å². The summed E-state index contributed by atoms with van der Waals surface area (Å²) >= 11 is 0. The molecular formula is C11H20. The summed E-state index contributed by atoms with van der Waals surface area (Å²) in [7, 11) is 0. The molecule has 5 atom stereocenters. The van der Waals surface area contributed by atoms with Gasteiger partial charge in [-0.1, -0.05) is 27.7 Å². The minimum absolute atomic E-state index is 0.936. The molecule has 0 heteroatoms. The fourth-order valence-electron chi connectivity index (χ4n) is 3.41. The maximum absolute atomic E-state index is 2.44. The fraction of sp³-hybridized carbons (Fsp3) is 1.00. The van der Waals surface area contributed by atoms with Crippen molar-refractivity contribution in [3.8, 4) is 0 Å². The Morgan fingerprint density at radius 1 is 1.09 bits per heavy atom. The second-order valence-corrected chi connectivity index (χ2v) is 5.10. The van der Waals surface area contributed by atoms with Crippen molar-refractivity contribution >= 4 is 0 Å². The van der Waals surface area contributed by atoms with E-state index in [0.29, 0.717) is 0 Å². The Morgan fingerprint density at radius 2 is 1.73 bits per heavy atom. The zero-order chi connectivity index (χ0) is 8.17. The van der Waals surface area contributed by atoms with Gasteiger partial charge in [-0.15, -0.1) is 0 Å². The second-order valence-electron chi connectivity index (χ2n) is 5.10. The maximum atomic E-state index is 2.44. The SMILES string of the molecule is CC(C)C1CC2C(C)C(C)C12. The first-order valence-corrected chi connectivity index (χ1v) is 5.13. The maximum Gasteiger partial charge on any atom is -0.0324 e. The zero-order valence-electron chi connectivity index (χ0n) is 8.17. The molecule has 0 aromatic carbocycles. The van der Waals surface area contributed by atoms with Crippen molar-refractivity contribution < 1.29 is 0 Å². The van der Waals surface area contributed by atoms with E-state index in [9.17, 15) is 0 Å². The highest BCUT2D eigenvalue weighted by Gasteiger charge is 2.56. The molecule has 2 aliphatic rings. The number of fused-ring (bicyclic) bond motifs is 1. The summed E-state index contributed by atoms with van der Waals surface area (Å²) in [5.74, 6) is 6.32. The van der Waals surface area contributed by atoms with Gasteiger partial charge in [0.25, 0.3) is 0 Å². The van der Waals surface area contributed by atoms with Gasteiger partial charge in [0.05, 0.1) is 0 Å². The normalized spacial score (nSPS) is 54.8. The molecule has 2 saturated carbocycles. The van der Waals surface area contributed by atoms with E-state index in [-0.39, 0.29) is 0 Å². The van der Waals surface area contributed by atoms with Crippen molar-refractivity contribution in [1.82, 2.24) is 0 Å². The highest BCUT2D eigenvalue weighted by atomic mass is 14.6. The highest BCUT2D eigenvalue weighted by Crippen LogP contribution is 2.62. The molecule has 0 heterocycles. The van der Waals surface area contributed by atoms with E-state index >= 15 is 0 Å². The smallest absolute Gasteiger partial charge is 0.0324 e. The highest BCUT2D eigenvalue weighted by molar-refractivity contribution is 5.05. The number of rotatable bonds is 1. The zero-order valence-corrected chi connectivity index (χ0v) is 8.17. The summed E-state index contributed by atoms with van der Waals surface area (Å²) in [4.78, 5) is 0. The largest absolute Gasteiger partial charge is 0.0625 e. The van der Waals surface area contributed by atoms with Crippen LogP contribution in [0.2, 0.25) is 0 Å². The van der Waals surface area contributed by atoms with Gasteiger partial charge in [0, 0.05) is 0 Å². The van der Waals surface area contributed by atoms with Crippen LogP contribution in [0.15, 0.2) is 0 Å². The van der Waals surface area contributed by atoms with Crippen LogP contribution in [0, 0.1) is 35.5 Å². The Bertz CT molecular complexity index is 153. The van der Waals surface area contributed by atoms with Crippen molar-refractivity contribution in [2.24, 2.45) is 35.5 Å². The van der Waals surface area contributed by atoms with Gasteiger partial charge in [0.2, 0.25) is 0 Å². The van der Waals surface area contributed by atoms with Crippen molar-refractivity contribution in [1.29, 1.82) is 0 Å². The minimum Gasteiger partial charge on any atom is -0.0625 e. The van der Waals surface area contributed by atoms with E-state index in [1.54, 1.807) is 0 Å². The standard InChI is InChI=1S/C11H20/c1-6(2)9-5-10-7(3)8(4)11(9)10/h6-11H,5H2,1-4H3. The molecular weight excluding hydrogens is 132 g/mol. The van der Waals surface area contributed by atoms with Gasteiger partial charge < -0.3 is 0 Å². The van der Waals surface area contributed by atoms with Crippen LogP contribution < -0.4 is 0 Å². The van der Waals surface area contributed by atoms with Gasteiger partial charge in [-0.3, -0.25) is 0 Å². The molecule has 0 spiro atoms. The first kappa shape index (κ1) is 7.64. The Balaban J connectivity index is 1.96. The van der Waals surface area contributed by atoms with E-state index in [0.717, 1.165) is 35.5 Å². The van der Waals surface area contributed by atoms with Crippen LogP contribution in [-0.2, 0) is 0 Å². The lowest BCUT2D eigenvalue weighted by atomic mass is 9.42. The van der Waals surface area contributed by atoms with Crippen LogP contribution in [0.3, 0.4) is 0 Å². The van der Waals surface area contributed by atoms with Gasteiger partial charge in [-0.25, -0.2) is 0 Å². The predicted octanol–water partition coefficient (Wildman–Crippen LogP) is 3.18. The molecule has 0 nitrogen and oxygen atoms in total. The predicted molar refractivity (Wildman–Crippen MR) is 48.3 cm³/mol. The molecule has 64 valence electrons. The minimum atomic E-state index is 0.936. The molecule has 0 aromatic heterocycles. The molecule has 2 rings (SSSR count). The van der Waals surface area contributed by atoms with E-state index < -0.39 is 0 Å². The Morgan fingerprint density at radius 3 is 2.18 bits per heavy atom. The van der Waals surface area contributed by atoms with Crippen LogP contribution in [0.5, 0.6) is 0 Å². The average molecular weight is 152 g/mol. The molecule has 0 N–H and O–H groups in total. The summed E-state index contributed by atoms with van der Waals surface area (Å²) in [5, 5.41) is 0. The fourth-order valence-corrected chi connectivity index (χ4v) is 3.41. The van der Waals surface area contributed by atoms with Gasteiger partial charge in [0.15, 0.2) is 0 Å². The Kier molecular flexibility index (Phi) is 1.56. The first-order chi connectivity index (χ1) is 5.13. The van der Waals surface area contributed by atoms with Gasteiger partial charge >= 0.3 is 0 Å². The third-order valence-corrected chi connectivity index (χ3v) is 4.50. The molecule has 2 aliphatic carbocycles. The molecule has 0 radical (unpaired) electrons. The molecule has 0 saturated heterocycles. The molecule has 2 fully saturated rings. The van der Waals surface area contributed by atoms with E-state index in [2.05, 4.69) is 27.7 Å². The third kappa shape index (κ3) is 0.816. The van der Waals surface area contributed by atoms with E-state index in [1.807, 2.05) is 0 Å². The first-order valence-electron chi connectivity index (χ1n) is 5.13. The van der Waals surface area contributed by atoms with Gasteiger partial charge in [-0.05, 0) is 41.9 Å². The molecule has 11 heavy (non-hydrogen) atoms. The van der Waals surface area contributed by atoms with Crippen molar-refractivity contribution in [2.75, 3.05) is 0 Å². The molecule has 5 unspecified atom stereocenters. The quantitative estimate of drug-likeness (QED) is 0.541. The Labute approximate surface area is 70.4 Å². The Hall–Kier alpha value is 0. The van der Waals surface area contributed by atoms with Crippen LogP contribution in [0.4, 0.5) is 0 Å². The van der Waals surface area contributed by atoms with Crippen LogP contribution in [-0.4, -0.2) is 0 Å². The average Bonchev–Trinajstić information content (AvgIpc) is 1.85. The summed E-state index contributed by atoms with van der Waals surface area (Å²) < 4.78 is 0. The summed E-state index contributed by atoms with van der Waals surface area (Å²) in [6, 6.07) is 0. The van der Waals surface area contributed by atoms with Crippen LogP contribution >= 0.6 is 0 Å². The second kappa shape index (κ2) is 2.24. The monoisotopic (exact) mass is 152 g/mol. The molecule has 0 aliphatic heterocycles. The summed E-state index contributed by atoms with van der Waals surface area (Å²) in [6.45, 7) is 9.65. The number of hydrogen-bond donors (Lipinski definition) is 0.